The van der Waals surface area contributed by atoms with Crippen molar-refractivity contribution >= 4 is 28.3 Å². The standard InChI is InChI=1S/C13H17ClN2O2S/c14-12-3-1-2-11(8-12)9-15-13(17)10-16-4-6-19(18)7-5-16/h1-3,8H,4-7,9-10H2,(H,15,17). The van der Waals surface area contributed by atoms with Gasteiger partial charge in [0.2, 0.25) is 5.91 Å². The summed E-state index contributed by atoms with van der Waals surface area (Å²) in [5.74, 6) is 1.33. The first-order chi connectivity index (χ1) is 9.13. The van der Waals surface area contributed by atoms with E-state index < -0.39 is 10.8 Å². The highest BCUT2D eigenvalue weighted by atomic mass is 35.5. The second kappa shape index (κ2) is 7.03. The maximum atomic E-state index is 11.8. The van der Waals surface area contributed by atoms with Crippen LogP contribution in [0.25, 0.3) is 0 Å². The lowest BCUT2D eigenvalue weighted by Crippen LogP contribution is -2.43. The first-order valence-electron chi connectivity index (χ1n) is 6.22. The summed E-state index contributed by atoms with van der Waals surface area (Å²) in [5, 5.41) is 3.54. The molecule has 1 aromatic carbocycles. The molecule has 19 heavy (non-hydrogen) atoms. The molecule has 0 aromatic heterocycles. The van der Waals surface area contributed by atoms with E-state index in [1.807, 2.05) is 23.1 Å². The van der Waals surface area contributed by atoms with Gasteiger partial charge in [0.15, 0.2) is 0 Å². The van der Waals surface area contributed by atoms with E-state index in [0.717, 1.165) is 18.7 Å². The number of amides is 1. The number of halogens is 1. The second-order valence-electron chi connectivity index (χ2n) is 4.53. The van der Waals surface area contributed by atoms with E-state index in [0.29, 0.717) is 29.6 Å². The van der Waals surface area contributed by atoms with Crippen LogP contribution in [0.2, 0.25) is 5.02 Å². The van der Waals surface area contributed by atoms with Crippen molar-refractivity contribution in [2.45, 2.75) is 6.54 Å². The molecule has 1 aromatic rings. The molecule has 0 bridgehead atoms. The number of carbonyl (C=O) groups excluding carboxylic acids is 1. The molecule has 4 nitrogen and oxygen atoms in total. The minimum Gasteiger partial charge on any atom is -0.351 e. The van der Waals surface area contributed by atoms with Crippen LogP contribution in [0.4, 0.5) is 0 Å². The van der Waals surface area contributed by atoms with Crippen LogP contribution in [-0.4, -0.2) is 46.2 Å². The molecule has 1 aliphatic heterocycles. The minimum atomic E-state index is -0.700. The number of rotatable bonds is 4. The van der Waals surface area contributed by atoms with Crippen LogP contribution in [0.15, 0.2) is 24.3 Å². The third-order valence-electron chi connectivity index (χ3n) is 3.02. The molecule has 0 unspecified atom stereocenters. The summed E-state index contributed by atoms with van der Waals surface area (Å²) in [6, 6.07) is 7.44. The van der Waals surface area contributed by atoms with Crippen LogP contribution in [0.1, 0.15) is 5.56 Å². The predicted octanol–water partition coefficient (Wildman–Crippen LogP) is 1.02. The number of hydrogen-bond donors (Lipinski definition) is 1. The average Bonchev–Trinajstić information content (AvgIpc) is 2.39. The zero-order chi connectivity index (χ0) is 13.7. The van der Waals surface area contributed by atoms with Crippen LogP contribution >= 0.6 is 11.6 Å². The second-order valence-corrected chi connectivity index (χ2v) is 6.66. The molecule has 0 aliphatic carbocycles. The van der Waals surface area contributed by atoms with Gasteiger partial charge in [0.1, 0.15) is 0 Å². The number of carbonyl (C=O) groups is 1. The fourth-order valence-corrected chi connectivity index (χ4v) is 3.28. The molecule has 0 radical (unpaired) electrons. The lowest BCUT2D eigenvalue weighted by molar-refractivity contribution is -0.122. The Morgan fingerprint density at radius 1 is 1.37 bits per heavy atom. The van der Waals surface area contributed by atoms with Crippen LogP contribution in [0, 0.1) is 0 Å². The monoisotopic (exact) mass is 300 g/mol. The Kier molecular flexibility index (Phi) is 5.36. The van der Waals surface area contributed by atoms with Gasteiger partial charge in [0.05, 0.1) is 6.54 Å². The summed E-state index contributed by atoms with van der Waals surface area (Å²) in [5.41, 5.74) is 0.987. The van der Waals surface area contributed by atoms with Crippen molar-refractivity contribution in [3.05, 3.63) is 34.9 Å². The Morgan fingerprint density at radius 2 is 2.11 bits per heavy atom. The molecule has 104 valence electrons. The van der Waals surface area contributed by atoms with Crippen LogP contribution in [0.5, 0.6) is 0 Å². The molecule has 1 N–H and O–H groups in total. The van der Waals surface area contributed by atoms with Crippen molar-refractivity contribution in [2.75, 3.05) is 31.1 Å². The largest absolute Gasteiger partial charge is 0.351 e. The molecule has 2 rings (SSSR count). The quantitative estimate of drug-likeness (QED) is 0.903. The van der Waals surface area contributed by atoms with E-state index in [9.17, 15) is 9.00 Å². The Hall–Kier alpha value is -0.910. The highest BCUT2D eigenvalue weighted by Crippen LogP contribution is 2.10. The maximum absolute atomic E-state index is 11.8. The molecule has 1 fully saturated rings. The third kappa shape index (κ3) is 4.93. The minimum absolute atomic E-state index is 0.00680. The Labute approximate surface area is 120 Å². The van der Waals surface area contributed by atoms with E-state index in [1.54, 1.807) is 6.07 Å². The zero-order valence-electron chi connectivity index (χ0n) is 10.6. The highest BCUT2D eigenvalue weighted by Gasteiger charge is 2.17. The van der Waals surface area contributed by atoms with Gasteiger partial charge in [-0.25, -0.2) is 0 Å². The van der Waals surface area contributed by atoms with E-state index >= 15 is 0 Å². The number of benzene rings is 1. The van der Waals surface area contributed by atoms with Gasteiger partial charge in [0.25, 0.3) is 0 Å². The predicted molar refractivity (Wildman–Crippen MR) is 77.6 cm³/mol. The van der Waals surface area contributed by atoms with Crippen molar-refractivity contribution in [3.8, 4) is 0 Å². The SMILES string of the molecule is O=C(CN1CCS(=O)CC1)NCc1cccc(Cl)c1. The van der Waals surface area contributed by atoms with E-state index in [1.165, 1.54) is 0 Å². The van der Waals surface area contributed by atoms with E-state index in [-0.39, 0.29) is 5.91 Å². The molecule has 0 saturated carbocycles. The van der Waals surface area contributed by atoms with Crippen molar-refractivity contribution < 1.29 is 9.00 Å². The van der Waals surface area contributed by atoms with Crippen LogP contribution in [-0.2, 0) is 22.1 Å². The van der Waals surface area contributed by atoms with E-state index in [2.05, 4.69) is 5.32 Å². The van der Waals surface area contributed by atoms with Gasteiger partial charge in [-0.15, -0.1) is 0 Å². The Balaban J connectivity index is 1.74. The lowest BCUT2D eigenvalue weighted by Gasteiger charge is -2.25. The van der Waals surface area contributed by atoms with Crippen LogP contribution < -0.4 is 5.32 Å². The average molecular weight is 301 g/mol. The van der Waals surface area contributed by atoms with E-state index in [4.69, 9.17) is 11.6 Å². The van der Waals surface area contributed by atoms with Crippen LogP contribution in [0.3, 0.4) is 0 Å². The summed E-state index contributed by atoms with van der Waals surface area (Å²) < 4.78 is 11.2. The summed E-state index contributed by atoms with van der Waals surface area (Å²) in [4.78, 5) is 13.8. The summed E-state index contributed by atoms with van der Waals surface area (Å²) >= 11 is 5.88. The molecule has 0 spiro atoms. The van der Waals surface area contributed by atoms with Gasteiger partial charge in [-0.05, 0) is 17.7 Å². The van der Waals surface area contributed by atoms with Crippen molar-refractivity contribution in [1.29, 1.82) is 0 Å². The number of nitrogens with zero attached hydrogens (tertiary/aromatic N) is 1. The molecule has 6 heteroatoms. The molecule has 1 aliphatic rings. The van der Waals surface area contributed by atoms with Crippen molar-refractivity contribution in [1.82, 2.24) is 10.2 Å². The van der Waals surface area contributed by atoms with Gasteiger partial charge in [-0.1, -0.05) is 23.7 Å². The molecule has 1 saturated heterocycles. The molecule has 1 heterocycles. The first kappa shape index (κ1) is 14.5. The van der Waals surface area contributed by atoms with Gasteiger partial charge in [-0.2, -0.15) is 0 Å². The zero-order valence-corrected chi connectivity index (χ0v) is 12.2. The number of hydrogen-bond acceptors (Lipinski definition) is 3. The summed E-state index contributed by atoms with van der Waals surface area (Å²) in [6.07, 6.45) is 0. The van der Waals surface area contributed by atoms with Gasteiger partial charge >= 0.3 is 0 Å². The highest BCUT2D eigenvalue weighted by molar-refractivity contribution is 7.85. The van der Waals surface area contributed by atoms with Gasteiger partial charge in [0, 0.05) is 47.0 Å². The fraction of sp³-hybridized carbons (Fsp3) is 0.462. The fourth-order valence-electron chi connectivity index (χ4n) is 1.94. The molecular weight excluding hydrogens is 284 g/mol. The molecular formula is C13H17ClN2O2S. The molecule has 1 amide bonds. The smallest absolute Gasteiger partial charge is 0.234 e. The van der Waals surface area contributed by atoms with Crippen molar-refractivity contribution in [3.63, 3.8) is 0 Å². The maximum Gasteiger partial charge on any atom is 0.234 e. The summed E-state index contributed by atoms with van der Waals surface area (Å²) in [7, 11) is -0.700. The summed E-state index contributed by atoms with van der Waals surface area (Å²) in [6.45, 7) is 2.32. The third-order valence-corrected chi connectivity index (χ3v) is 4.53. The Morgan fingerprint density at radius 3 is 2.79 bits per heavy atom. The lowest BCUT2D eigenvalue weighted by atomic mass is 10.2. The topological polar surface area (TPSA) is 49.4 Å². The van der Waals surface area contributed by atoms with Gasteiger partial charge in [-0.3, -0.25) is 13.9 Å². The normalized spacial score (nSPS) is 17.3. The van der Waals surface area contributed by atoms with Crippen molar-refractivity contribution in [2.24, 2.45) is 0 Å². The first-order valence-corrected chi connectivity index (χ1v) is 8.08. The number of nitrogens with one attached hydrogen (secondary N) is 1. The van der Waals surface area contributed by atoms with Gasteiger partial charge < -0.3 is 5.32 Å². The Bertz CT molecular complexity index is 471. The molecule has 0 atom stereocenters.